The van der Waals surface area contributed by atoms with E-state index in [2.05, 4.69) is 24.3 Å². The highest BCUT2D eigenvalue weighted by molar-refractivity contribution is 6.32. The smallest absolute Gasteiger partial charge is 0.180 e. The first-order valence-corrected chi connectivity index (χ1v) is 8.26. The molecule has 3 nitrogen and oxygen atoms in total. The molecule has 0 heterocycles. The third-order valence-corrected chi connectivity index (χ3v) is 4.25. The van der Waals surface area contributed by atoms with Crippen LogP contribution in [0.3, 0.4) is 0 Å². The maximum absolute atomic E-state index is 6.39. The molecule has 0 spiro atoms. The summed E-state index contributed by atoms with van der Waals surface area (Å²) in [5.41, 5.74) is 7.76. The Morgan fingerprint density at radius 1 is 1.04 bits per heavy atom. The number of fused-ring (bicyclic) bond motifs is 1. The first-order chi connectivity index (χ1) is 11.7. The van der Waals surface area contributed by atoms with Crippen LogP contribution in [0.2, 0.25) is 5.02 Å². The monoisotopic (exact) mass is 341 g/mol. The van der Waals surface area contributed by atoms with Crippen molar-refractivity contribution >= 4 is 22.4 Å². The largest absolute Gasteiger partial charge is 0.493 e. The van der Waals surface area contributed by atoms with Gasteiger partial charge >= 0.3 is 0 Å². The molecule has 0 bridgehead atoms. The summed E-state index contributed by atoms with van der Waals surface area (Å²) >= 11 is 6.39. The summed E-state index contributed by atoms with van der Waals surface area (Å²) in [5, 5.41) is 2.91. The number of methoxy groups -OCH3 is 1. The summed E-state index contributed by atoms with van der Waals surface area (Å²) in [7, 11) is 1.61. The first kappa shape index (κ1) is 16.6. The molecule has 0 aliphatic carbocycles. The van der Waals surface area contributed by atoms with Crippen LogP contribution >= 0.6 is 11.6 Å². The Balaban J connectivity index is 1.88. The molecule has 0 saturated heterocycles. The van der Waals surface area contributed by atoms with Crippen molar-refractivity contribution in [3.63, 3.8) is 0 Å². The lowest BCUT2D eigenvalue weighted by Gasteiger charge is -2.15. The second kappa shape index (κ2) is 7.56. The van der Waals surface area contributed by atoms with Crippen LogP contribution in [0.5, 0.6) is 11.5 Å². The van der Waals surface area contributed by atoms with Gasteiger partial charge in [0.1, 0.15) is 6.61 Å². The van der Waals surface area contributed by atoms with Gasteiger partial charge in [-0.15, -0.1) is 0 Å². The third kappa shape index (κ3) is 3.48. The Morgan fingerprint density at radius 3 is 2.62 bits per heavy atom. The fourth-order valence-electron chi connectivity index (χ4n) is 2.79. The molecule has 0 aromatic heterocycles. The zero-order chi connectivity index (χ0) is 16.9. The summed E-state index contributed by atoms with van der Waals surface area (Å²) in [4.78, 5) is 0. The first-order valence-electron chi connectivity index (χ1n) is 7.89. The predicted molar refractivity (Wildman–Crippen MR) is 99.0 cm³/mol. The summed E-state index contributed by atoms with van der Waals surface area (Å²) in [6.07, 6.45) is 0.750. The number of hydrogen-bond donors (Lipinski definition) is 1. The van der Waals surface area contributed by atoms with Gasteiger partial charge in [0.15, 0.2) is 11.5 Å². The Morgan fingerprint density at radius 2 is 1.83 bits per heavy atom. The number of rotatable bonds is 6. The molecule has 0 fully saturated rings. The van der Waals surface area contributed by atoms with Gasteiger partial charge < -0.3 is 15.2 Å². The van der Waals surface area contributed by atoms with Gasteiger partial charge in [-0.3, -0.25) is 0 Å². The van der Waals surface area contributed by atoms with E-state index in [1.807, 2.05) is 30.3 Å². The van der Waals surface area contributed by atoms with Gasteiger partial charge in [-0.2, -0.15) is 0 Å². The maximum atomic E-state index is 6.39. The highest BCUT2D eigenvalue weighted by Crippen LogP contribution is 2.37. The molecule has 24 heavy (non-hydrogen) atoms. The van der Waals surface area contributed by atoms with Crippen LogP contribution in [-0.2, 0) is 13.0 Å². The molecule has 0 atom stereocenters. The van der Waals surface area contributed by atoms with E-state index in [0.29, 0.717) is 29.7 Å². The standard InChI is InChI=1S/C20H20ClNO2/c1-23-19-12-14(9-10-22)11-18(21)20(19)24-13-16-7-4-6-15-5-2-3-8-17(15)16/h2-8,11-12H,9-10,13,22H2,1H3. The highest BCUT2D eigenvalue weighted by atomic mass is 35.5. The lowest BCUT2D eigenvalue weighted by atomic mass is 10.1. The lowest BCUT2D eigenvalue weighted by Crippen LogP contribution is -2.04. The second-order valence-electron chi connectivity index (χ2n) is 5.57. The van der Waals surface area contributed by atoms with Crippen molar-refractivity contribution in [1.82, 2.24) is 0 Å². The number of ether oxygens (including phenoxy) is 2. The van der Waals surface area contributed by atoms with Crippen LogP contribution in [0, 0.1) is 0 Å². The minimum absolute atomic E-state index is 0.424. The molecular weight excluding hydrogens is 322 g/mol. The van der Waals surface area contributed by atoms with E-state index < -0.39 is 0 Å². The number of hydrogen-bond acceptors (Lipinski definition) is 3. The zero-order valence-corrected chi connectivity index (χ0v) is 14.3. The predicted octanol–water partition coefficient (Wildman–Crippen LogP) is 4.58. The SMILES string of the molecule is COc1cc(CCN)cc(Cl)c1OCc1cccc2ccccc12. The van der Waals surface area contributed by atoms with Crippen LogP contribution in [0.1, 0.15) is 11.1 Å². The highest BCUT2D eigenvalue weighted by Gasteiger charge is 2.13. The fraction of sp³-hybridized carbons (Fsp3) is 0.200. The second-order valence-corrected chi connectivity index (χ2v) is 5.98. The van der Waals surface area contributed by atoms with Gasteiger partial charge in [-0.1, -0.05) is 54.1 Å². The lowest BCUT2D eigenvalue weighted by molar-refractivity contribution is 0.285. The summed E-state index contributed by atoms with van der Waals surface area (Å²) in [5.74, 6) is 1.19. The van der Waals surface area contributed by atoms with Crippen LogP contribution < -0.4 is 15.2 Å². The molecule has 0 saturated carbocycles. The van der Waals surface area contributed by atoms with Crippen LogP contribution in [0.15, 0.2) is 54.6 Å². The molecule has 0 unspecified atom stereocenters. The molecule has 3 aromatic carbocycles. The van der Waals surface area contributed by atoms with Crippen molar-refractivity contribution < 1.29 is 9.47 Å². The van der Waals surface area contributed by atoms with Gasteiger partial charge in [-0.25, -0.2) is 0 Å². The minimum atomic E-state index is 0.424. The van der Waals surface area contributed by atoms with Gasteiger partial charge in [0.05, 0.1) is 12.1 Å². The van der Waals surface area contributed by atoms with Crippen molar-refractivity contribution in [2.45, 2.75) is 13.0 Å². The number of halogens is 1. The molecule has 4 heteroatoms. The number of benzene rings is 3. The molecule has 0 aliphatic rings. The van der Waals surface area contributed by atoms with Crippen LogP contribution in [0.25, 0.3) is 10.8 Å². The summed E-state index contributed by atoms with van der Waals surface area (Å²) in [6.45, 7) is 0.989. The minimum Gasteiger partial charge on any atom is -0.493 e. The van der Waals surface area contributed by atoms with Crippen molar-refractivity contribution in [2.24, 2.45) is 5.73 Å². The molecule has 0 amide bonds. The Bertz CT molecular complexity index is 843. The van der Waals surface area contributed by atoms with Gasteiger partial charge in [0.2, 0.25) is 0 Å². The molecule has 3 rings (SSSR count). The molecular formula is C20H20ClNO2. The van der Waals surface area contributed by atoms with E-state index in [4.69, 9.17) is 26.8 Å². The zero-order valence-electron chi connectivity index (χ0n) is 13.6. The van der Waals surface area contributed by atoms with E-state index in [0.717, 1.165) is 17.5 Å². The Kier molecular flexibility index (Phi) is 5.24. The maximum Gasteiger partial charge on any atom is 0.180 e. The van der Waals surface area contributed by atoms with Crippen molar-refractivity contribution in [2.75, 3.05) is 13.7 Å². The Hall–Kier alpha value is -2.23. The molecule has 2 N–H and O–H groups in total. The molecule has 0 aliphatic heterocycles. The number of nitrogens with two attached hydrogens (primary N) is 1. The Labute approximate surface area is 147 Å². The van der Waals surface area contributed by atoms with E-state index in [1.165, 1.54) is 10.8 Å². The van der Waals surface area contributed by atoms with E-state index in [-0.39, 0.29) is 0 Å². The quantitative estimate of drug-likeness (QED) is 0.713. The van der Waals surface area contributed by atoms with Crippen molar-refractivity contribution in [3.8, 4) is 11.5 Å². The third-order valence-electron chi connectivity index (χ3n) is 3.97. The fourth-order valence-corrected chi connectivity index (χ4v) is 3.08. The van der Waals surface area contributed by atoms with E-state index >= 15 is 0 Å². The van der Waals surface area contributed by atoms with Crippen LogP contribution in [-0.4, -0.2) is 13.7 Å². The van der Waals surface area contributed by atoms with E-state index in [9.17, 15) is 0 Å². The molecule has 124 valence electrons. The van der Waals surface area contributed by atoms with Crippen molar-refractivity contribution in [1.29, 1.82) is 0 Å². The average Bonchev–Trinajstić information content (AvgIpc) is 2.60. The molecule has 0 radical (unpaired) electrons. The molecule has 3 aromatic rings. The topological polar surface area (TPSA) is 44.5 Å². The van der Waals surface area contributed by atoms with E-state index in [1.54, 1.807) is 7.11 Å². The van der Waals surface area contributed by atoms with Gasteiger partial charge in [0, 0.05) is 0 Å². The van der Waals surface area contributed by atoms with Crippen molar-refractivity contribution in [3.05, 3.63) is 70.7 Å². The summed E-state index contributed by atoms with van der Waals surface area (Å²) in [6, 6.07) is 18.2. The average molecular weight is 342 g/mol. The van der Waals surface area contributed by atoms with Gasteiger partial charge in [0.25, 0.3) is 0 Å². The van der Waals surface area contributed by atoms with Gasteiger partial charge in [-0.05, 0) is 47.0 Å². The summed E-state index contributed by atoms with van der Waals surface area (Å²) < 4.78 is 11.4. The normalized spacial score (nSPS) is 10.8. The van der Waals surface area contributed by atoms with Crippen LogP contribution in [0.4, 0.5) is 0 Å².